The van der Waals surface area contributed by atoms with Crippen molar-refractivity contribution in [3.63, 3.8) is 0 Å². The van der Waals surface area contributed by atoms with E-state index in [4.69, 9.17) is 9.84 Å². The number of unbranched alkanes of at least 4 members (excludes halogenated alkanes) is 9. The second-order valence-electron chi connectivity index (χ2n) is 4.52. The average Bonchev–Trinajstić information content (AvgIpc) is 2.31. The Morgan fingerprint density at radius 2 is 1.18 bits per heavy atom. The van der Waals surface area contributed by atoms with Crippen LogP contribution >= 0.6 is 0 Å². The van der Waals surface area contributed by atoms with E-state index in [-0.39, 0.29) is 44.3 Å². The summed E-state index contributed by atoms with van der Waals surface area (Å²) in [4.78, 5) is 0. The third-order valence-corrected chi connectivity index (χ3v) is 2.88. The fourth-order valence-corrected chi connectivity index (χ4v) is 1.86. The van der Waals surface area contributed by atoms with Crippen LogP contribution in [0.2, 0.25) is 0 Å². The van der Waals surface area contributed by atoms with Crippen molar-refractivity contribution in [2.24, 2.45) is 0 Å². The molecule has 0 bridgehead atoms. The van der Waals surface area contributed by atoms with Crippen LogP contribution in [0, 0.1) is 0 Å². The molecule has 0 heterocycles. The van der Waals surface area contributed by atoms with Gasteiger partial charge in [0.25, 0.3) is 0 Å². The van der Waals surface area contributed by atoms with Crippen LogP contribution in [0.5, 0.6) is 0 Å². The molecule has 0 aliphatic rings. The molecule has 17 heavy (non-hydrogen) atoms. The van der Waals surface area contributed by atoms with Crippen molar-refractivity contribution in [2.75, 3.05) is 19.8 Å². The van der Waals surface area contributed by atoms with Crippen LogP contribution in [0.15, 0.2) is 0 Å². The minimum absolute atomic E-state index is 0. The summed E-state index contributed by atoms with van der Waals surface area (Å²) in [7, 11) is 0. The quantitative estimate of drug-likeness (QED) is 0.412. The van der Waals surface area contributed by atoms with Crippen LogP contribution in [-0.4, -0.2) is 62.7 Å². The van der Waals surface area contributed by atoms with Crippen molar-refractivity contribution >= 4 is 37.7 Å². The van der Waals surface area contributed by atoms with E-state index in [1.54, 1.807) is 0 Å². The second-order valence-corrected chi connectivity index (χ2v) is 4.52. The van der Waals surface area contributed by atoms with Gasteiger partial charge in [0, 0.05) is 6.61 Å². The van der Waals surface area contributed by atoms with E-state index in [0.717, 1.165) is 13.0 Å². The van der Waals surface area contributed by atoms with Gasteiger partial charge in [0.2, 0.25) is 0 Å². The van der Waals surface area contributed by atoms with Crippen LogP contribution in [0.25, 0.3) is 0 Å². The number of hydrogen-bond acceptors (Lipinski definition) is 2. The van der Waals surface area contributed by atoms with Crippen molar-refractivity contribution in [1.82, 2.24) is 0 Å². The molecule has 0 amide bonds. The summed E-state index contributed by atoms with van der Waals surface area (Å²) in [6.45, 7) is 3.73. The molecule has 0 rings (SSSR count). The molecule has 0 spiro atoms. The summed E-state index contributed by atoms with van der Waals surface area (Å²) in [5.74, 6) is 0. The first-order valence-electron chi connectivity index (χ1n) is 7.10. The van der Waals surface area contributed by atoms with Crippen molar-refractivity contribution in [3.8, 4) is 0 Å². The molecule has 0 aliphatic heterocycles. The first kappa shape index (κ1) is 20.5. The first-order chi connectivity index (χ1) is 7.91. The van der Waals surface area contributed by atoms with Crippen molar-refractivity contribution in [3.05, 3.63) is 0 Å². The van der Waals surface area contributed by atoms with Crippen molar-refractivity contribution in [2.45, 2.75) is 71.1 Å². The zero-order chi connectivity index (χ0) is 11.9. The number of rotatable bonds is 13. The number of aliphatic hydroxyl groups excluding tert-OH is 1. The van der Waals surface area contributed by atoms with Gasteiger partial charge in [0.15, 0.2) is 0 Å². The summed E-state index contributed by atoms with van der Waals surface area (Å²) in [6, 6.07) is 0. The molecule has 0 fully saturated rings. The molecule has 0 atom stereocenters. The monoisotopic (exact) mass is 272 g/mol. The Morgan fingerprint density at radius 3 is 1.65 bits per heavy atom. The Morgan fingerprint density at radius 1 is 0.706 bits per heavy atom. The van der Waals surface area contributed by atoms with E-state index in [2.05, 4.69) is 6.92 Å². The van der Waals surface area contributed by atoms with E-state index in [1.165, 1.54) is 57.8 Å². The van der Waals surface area contributed by atoms with E-state index >= 15 is 0 Å². The molecule has 102 valence electrons. The molecule has 0 saturated carbocycles. The summed E-state index contributed by atoms with van der Waals surface area (Å²) in [6.07, 6.45) is 13.6. The van der Waals surface area contributed by atoms with Gasteiger partial charge in [0.05, 0.1) is 13.2 Å². The van der Waals surface area contributed by atoms with Crippen LogP contribution < -0.4 is 0 Å². The van der Waals surface area contributed by atoms with Crippen molar-refractivity contribution in [1.29, 1.82) is 0 Å². The topological polar surface area (TPSA) is 29.5 Å². The maximum absolute atomic E-state index is 8.50. The van der Waals surface area contributed by atoms with Gasteiger partial charge in [-0.15, -0.1) is 0 Å². The SMILES string of the molecule is CCCCCCCCCCCCOCCO.[CaH2]. The van der Waals surface area contributed by atoms with Crippen LogP contribution in [0.3, 0.4) is 0 Å². The van der Waals surface area contributed by atoms with Gasteiger partial charge in [-0.2, -0.15) is 0 Å². The second kappa shape index (κ2) is 19.5. The fraction of sp³-hybridized carbons (Fsp3) is 1.00. The Labute approximate surface area is 138 Å². The summed E-state index contributed by atoms with van der Waals surface area (Å²) in [5, 5.41) is 8.50. The van der Waals surface area contributed by atoms with Gasteiger partial charge in [0.1, 0.15) is 0 Å². The van der Waals surface area contributed by atoms with E-state index in [9.17, 15) is 0 Å². The van der Waals surface area contributed by atoms with Gasteiger partial charge >= 0.3 is 37.7 Å². The Balaban J connectivity index is 0. The molecule has 0 aromatic heterocycles. The van der Waals surface area contributed by atoms with Gasteiger partial charge < -0.3 is 9.84 Å². The molecule has 0 aliphatic carbocycles. The normalized spacial score (nSPS) is 10.2. The van der Waals surface area contributed by atoms with Crippen LogP contribution in [-0.2, 0) is 4.74 Å². The van der Waals surface area contributed by atoms with Gasteiger partial charge in [-0.25, -0.2) is 0 Å². The zero-order valence-corrected chi connectivity index (χ0v) is 11.0. The molecule has 0 aromatic carbocycles. The molecular weight excluding hydrogens is 240 g/mol. The van der Waals surface area contributed by atoms with Crippen LogP contribution in [0.4, 0.5) is 0 Å². The fourth-order valence-electron chi connectivity index (χ4n) is 1.86. The third-order valence-electron chi connectivity index (χ3n) is 2.88. The number of ether oxygens (including phenoxy) is 1. The van der Waals surface area contributed by atoms with Crippen LogP contribution in [0.1, 0.15) is 71.1 Å². The van der Waals surface area contributed by atoms with E-state index in [0.29, 0.717) is 6.61 Å². The van der Waals surface area contributed by atoms with Gasteiger partial charge in [-0.3, -0.25) is 0 Å². The van der Waals surface area contributed by atoms with E-state index < -0.39 is 0 Å². The standard InChI is InChI=1S/C14H30O2.Ca.2H/c1-2-3-4-5-6-7-8-9-10-11-13-16-14-12-15;;;/h15H,2-14H2,1H3;;;. The average molecular weight is 272 g/mol. The Bertz CT molecular complexity index is 107. The molecule has 2 nitrogen and oxygen atoms in total. The van der Waals surface area contributed by atoms with Gasteiger partial charge in [-0.1, -0.05) is 64.7 Å². The van der Waals surface area contributed by atoms with E-state index in [1.807, 2.05) is 0 Å². The minimum atomic E-state index is 0. The predicted molar refractivity (Wildman–Crippen MR) is 78.3 cm³/mol. The Kier molecular flexibility index (Phi) is 23.5. The third kappa shape index (κ3) is 19.7. The molecule has 0 aromatic rings. The maximum atomic E-state index is 8.50. The predicted octanol–water partition coefficient (Wildman–Crippen LogP) is 3.00. The summed E-state index contributed by atoms with van der Waals surface area (Å²) in [5.41, 5.74) is 0. The molecular formula is C14H32CaO2. The number of hydrogen-bond donors (Lipinski definition) is 1. The summed E-state index contributed by atoms with van der Waals surface area (Å²) < 4.78 is 5.20. The molecule has 0 unspecified atom stereocenters. The zero-order valence-electron chi connectivity index (χ0n) is 11.0. The van der Waals surface area contributed by atoms with Crippen molar-refractivity contribution < 1.29 is 9.84 Å². The Hall–Kier alpha value is 1.18. The molecule has 0 saturated heterocycles. The summed E-state index contributed by atoms with van der Waals surface area (Å²) >= 11 is 0. The molecule has 1 N–H and O–H groups in total. The molecule has 3 heteroatoms. The molecule has 0 radical (unpaired) electrons. The first-order valence-corrected chi connectivity index (χ1v) is 7.10. The number of aliphatic hydroxyl groups is 1. The van der Waals surface area contributed by atoms with Gasteiger partial charge in [-0.05, 0) is 6.42 Å².